The molecule has 0 bridgehead atoms. The maximum atomic E-state index is 14.0. The van der Waals surface area contributed by atoms with Crippen LogP contribution in [0.3, 0.4) is 0 Å². The SMILES string of the molecule is O=C(O)c1ccc(NCc2cccc(Cl)c2)c(F)c1Br. The van der Waals surface area contributed by atoms with Gasteiger partial charge in [-0.05, 0) is 45.8 Å². The molecular formula is C14H10BrClFNO2. The fourth-order valence-electron chi connectivity index (χ4n) is 1.70. The average Bonchev–Trinajstić information content (AvgIpc) is 2.40. The monoisotopic (exact) mass is 357 g/mol. The molecule has 2 aromatic carbocycles. The van der Waals surface area contributed by atoms with Gasteiger partial charge >= 0.3 is 5.97 Å². The van der Waals surface area contributed by atoms with Crippen molar-refractivity contribution in [3.05, 3.63) is 62.8 Å². The minimum Gasteiger partial charge on any atom is -0.478 e. The summed E-state index contributed by atoms with van der Waals surface area (Å²) in [7, 11) is 0. The molecule has 0 atom stereocenters. The van der Waals surface area contributed by atoms with Crippen LogP contribution in [0.4, 0.5) is 10.1 Å². The number of rotatable bonds is 4. The molecule has 2 rings (SSSR count). The molecule has 0 amide bonds. The number of hydrogen-bond acceptors (Lipinski definition) is 2. The fraction of sp³-hybridized carbons (Fsp3) is 0.0714. The molecule has 104 valence electrons. The summed E-state index contributed by atoms with van der Waals surface area (Å²) in [6, 6.07) is 9.93. The van der Waals surface area contributed by atoms with Crippen LogP contribution >= 0.6 is 27.5 Å². The van der Waals surface area contributed by atoms with E-state index in [0.29, 0.717) is 11.6 Å². The number of aromatic carboxylic acids is 1. The van der Waals surface area contributed by atoms with Gasteiger partial charge < -0.3 is 10.4 Å². The van der Waals surface area contributed by atoms with Crippen LogP contribution in [0.25, 0.3) is 0 Å². The van der Waals surface area contributed by atoms with E-state index in [2.05, 4.69) is 21.2 Å². The maximum Gasteiger partial charge on any atom is 0.336 e. The standard InChI is InChI=1S/C14H10BrClFNO2/c15-12-10(14(19)20)4-5-11(13(12)17)18-7-8-2-1-3-9(16)6-8/h1-6,18H,7H2,(H,19,20). The molecule has 20 heavy (non-hydrogen) atoms. The third kappa shape index (κ3) is 3.29. The molecule has 0 aromatic heterocycles. The molecule has 2 N–H and O–H groups in total. The summed E-state index contributed by atoms with van der Waals surface area (Å²) in [6.45, 7) is 0.385. The molecule has 0 radical (unpaired) electrons. The van der Waals surface area contributed by atoms with Crippen molar-refractivity contribution in [2.24, 2.45) is 0 Å². The molecule has 0 fully saturated rings. The highest BCUT2D eigenvalue weighted by atomic mass is 79.9. The second kappa shape index (κ2) is 6.24. The first-order valence-electron chi connectivity index (χ1n) is 5.68. The summed E-state index contributed by atoms with van der Waals surface area (Å²) in [5.74, 6) is -1.82. The lowest BCUT2D eigenvalue weighted by Gasteiger charge is -2.10. The van der Waals surface area contributed by atoms with Crippen molar-refractivity contribution >= 4 is 39.2 Å². The van der Waals surface area contributed by atoms with E-state index in [1.165, 1.54) is 12.1 Å². The summed E-state index contributed by atoms with van der Waals surface area (Å²) in [6.07, 6.45) is 0. The number of benzene rings is 2. The van der Waals surface area contributed by atoms with Gasteiger partial charge in [0.1, 0.15) is 0 Å². The van der Waals surface area contributed by atoms with Gasteiger partial charge in [-0.1, -0.05) is 23.7 Å². The van der Waals surface area contributed by atoms with Crippen LogP contribution in [0.2, 0.25) is 5.02 Å². The quantitative estimate of drug-likeness (QED) is 0.843. The number of anilines is 1. The predicted octanol–water partition coefficient (Wildman–Crippen LogP) is 4.55. The predicted molar refractivity (Wildman–Crippen MR) is 79.8 cm³/mol. The molecular weight excluding hydrogens is 349 g/mol. The Morgan fingerprint density at radius 1 is 1.35 bits per heavy atom. The Balaban J connectivity index is 2.18. The van der Waals surface area contributed by atoms with Gasteiger partial charge in [-0.3, -0.25) is 0 Å². The highest BCUT2D eigenvalue weighted by Gasteiger charge is 2.15. The van der Waals surface area contributed by atoms with Crippen LogP contribution in [0.15, 0.2) is 40.9 Å². The van der Waals surface area contributed by atoms with Crippen molar-refractivity contribution in [3.63, 3.8) is 0 Å². The Morgan fingerprint density at radius 2 is 2.10 bits per heavy atom. The molecule has 0 aliphatic carbocycles. The van der Waals surface area contributed by atoms with E-state index in [9.17, 15) is 9.18 Å². The summed E-state index contributed by atoms with van der Waals surface area (Å²) in [5.41, 5.74) is 1.01. The third-order valence-electron chi connectivity index (χ3n) is 2.68. The summed E-state index contributed by atoms with van der Waals surface area (Å²) < 4.78 is 13.9. The first-order chi connectivity index (χ1) is 9.49. The van der Waals surface area contributed by atoms with Gasteiger partial charge in [-0.25, -0.2) is 9.18 Å². The molecule has 6 heteroatoms. The number of carboxylic acid groups (broad SMARTS) is 1. The van der Waals surface area contributed by atoms with E-state index in [-0.39, 0.29) is 15.7 Å². The van der Waals surface area contributed by atoms with Gasteiger partial charge in [0.05, 0.1) is 15.7 Å². The van der Waals surface area contributed by atoms with Crippen LogP contribution < -0.4 is 5.32 Å². The summed E-state index contributed by atoms with van der Waals surface area (Å²) in [4.78, 5) is 10.9. The maximum absolute atomic E-state index is 14.0. The lowest BCUT2D eigenvalue weighted by molar-refractivity contribution is 0.0695. The molecule has 3 nitrogen and oxygen atoms in total. The lowest BCUT2D eigenvalue weighted by atomic mass is 10.2. The van der Waals surface area contributed by atoms with Crippen LogP contribution in [0, 0.1) is 5.82 Å². The number of carbonyl (C=O) groups is 1. The molecule has 0 spiro atoms. The van der Waals surface area contributed by atoms with Crippen molar-refractivity contribution in [1.29, 1.82) is 0 Å². The average molecular weight is 359 g/mol. The smallest absolute Gasteiger partial charge is 0.336 e. The van der Waals surface area contributed by atoms with E-state index in [0.717, 1.165) is 5.56 Å². The highest BCUT2D eigenvalue weighted by molar-refractivity contribution is 9.10. The first-order valence-corrected chi connectivity index (χ1v) is 6.85. The third-order valence-corrected chi connectivity index (χ3v) is 3.70. The normalized spacial score (nSPS) is 10.3. The van der Waals surface area contributed by atoms with Gasteiger partial charge in [0.2, 0.25) is 0 Å². The molecule has 0 saturated carbocycles. The molecule has 2 aromatic rings. The molecule has 0 aliphatic heterocycles. The number of hydrogen-bond donors (Lipinski definition) is 2. The van der Waals surface area contributed by atoms with Gasteiger partial charge in [0.15, 0.2) is 5.82 Å². The Kier molecular flexibility index (Phi) is 4.62. The second-order valence-corrected chi connectivity index (χ2v) is 5.31. The van der Waals surface area contributed by atoms with Gasteiger partial charge in [-0.2, -0.15) is 0 Å². The number of carboxylic acids is 1. The van der Waals surface area contributed by atoms with E-state index in [1.807, 2.05) is 6.07 Å². The Labute approximate surface area is 128 Å². The summed E-state index contributed by atoms with van der Waals surface area (Å²) in [5, 5.41) is 12.4. The van der Waals surface area contributed by atoms with Crippen LogP contribution in [0.5, 0.6) is 0 Å². The molecule has 0 aliphatic rings. The first kappa shape index (κ1) is 14.8. The molecule has 0 heterocycles. The zero-order chi connectivity index (χ0) is 14.7. The Hall–Kier alpha value is -1.59. The van der Waals surface area contributed by atoms with Crippen molar-refractivity contribution in [2.45, 2.75) is 6.54 Å². The Morgan fingerprint density at radius 3 is 2.75 bits per heavy atom. The summed E-state index contributed by atoms with van der Waals surface area (Å²) >= 11 is 8.82. The van der Waals surface area contributed by atoms with E-state index < -0.39 is 11.8 Å². The lowest BCUT2D eigenvalue weighted by Crippen LogP contribution is -2.05. The number of nitrogens with one attached hydrogen (secondary N) is 1. The second-order valence-electron chi connectivity index (χ2n) is 4.08. The zero-order valence-corrected chi connectivity index (χ0v) is 12.5. The molecule has 0 saturated heterocycles. The Bertz CT molecular complexity index is 664. The van der Waals surface area contributed by atoms with Crippen LogP contribution in [-0.2, 0) is 6.54 Å². The molecule has 0 unspecified atom stereocenters. The van der Waals surface area contributed by atoms with Crippen molar-refractivity contribution in [1.82, 2.24) is 0 Å². The number of halogens is 3. The highest BCUT2D eigenvalue weighted by Crippen LogP contribution is 2.27. The fourth-order valence-corrected chi connectivity index (χ4v) is 2.42. The van der Waals surface area contributed by atoms with Crippen LogP contribution in [0.1, 0.15) is 15.9 Å². The minimum absolute atomic E-state index is 0.0684. The van der Waals surface area contributed by atoms with E-state index in [1.54, 1.807) is 18.2 Å². The van der Waals surface area contributed by atoms with E-state index in [4.69, 9.17) is 16.7 Å². The van der Waals surface area contributed by atoms with Crippen molar-refractivity contribution < 1.29 is 14.3 Å². The van der Waals surface area contributed by atoms with Crippen molar-refractivity contribution in [3.8, 4) is 0 Å². The van der Waals surface area contributed by atoms with Gasteiger partial charge in [-0.15, -0.1) is 0 Å². The van der Waals surface area contributed by atoms with Gasteiger partial charge in [0, 0.05) is 11.6 Å². The zero-order valence-electron chi connectivity index (χ0n) is 10.2. The largest absolute Gasteiger partial charge is 0.478 e. The van der Waals surface area contributed by atoms with E-state index >= 15 is 0 Å². The topological polar surface area (TPSA) is 49.3 Å². The van der Waals surface area contributed by atoms with Crippen LogP contribution in [-0.4, -0.2) is 11.1 Å². The van der Waals surface area contributed by atoms with Crippen molar-refractivity contribution in [2.75, 3.05) is 5.32 Å². The van der Waals surface area contributed by atoms with Gasteiger partial charge in [0.25, 0.3) is 0 Å². The minimum atomic E-state index is -1.18.